The molecule has 3 rings (SSSR count). The number of nitrogens with one attached hydrogen (secondary N) is 1. The zero-order chi connectivity index (χ0) is 16.1. The molecule has 0 aliphatic carbocycles. The van der Waals surface area contributed by atoms with Crippen molar-refractivity contribution >= 4 is 5.95 Å². The van der Waals surface area contributed by atoms with Gasteiger partial charge in [0.05, 0.1) is 6.54 Å². The van der Waals surface area contributed by atoms with Crippen molar-refractivity contribution in [3.8, 4) is 5.75 Å². The molecule has 1 heterocycles. The van der Waals surface area contributed by atoms with Crippen LogP contribution < -0.4 is 15.9 Å². The number of aryl methyl sites for hydroxylation is 1. The van der Waals surface area contributed by atoms with Gasteiger partial charge in [-0.25, -0.2) is 0 Å². The first-order valence-electron chi connectivity index (χ1n) is 7.27. The van der Waals surface area contributed by atoms with Crippen LogP contribution >= 0.6 is 0 Å². The molecule has 0 saturated carbocycles. The fraction of sp³-hybridized carbons (Fsp3) is 0.188. The average molecular weight is 310 g/mol. The van der Waals surface area contributed by atoms with Gasteiger partial charge >= 0.3 is 0 Å². The number of benzene rings is 2. The number of anilines is 1. The number of hydrogen-bond acceptors (Lipinski definition) is 6. The molecule has 118 valence electrons. The second-order valence-electron chi connectivity index (χ2n) is 5.11. The van der Waals surface area contributed by atoms with Crippen molar-refractivity contribution in [2.24, 2.45) is 0 Å². The molecule has 1 aromatic heterocycles. The summed E-state index contributed by atoms with van der Waals surface area (Å²) in [6.45, 7) is 3.10. The minimum Gasteiger partial charge on any atom is -0.489 e. The quantitative estimate of drug-likeness (QED) is 0.722. The Labute approximate surface area is 134 Å². The summed E-state index contributed by atoms with van der Waals surface area (Å²) in [5.41, 5.74) is 12.0. The fourth-order valence-corrected chi connectivity index (χ4v) is 2.18. The molecule has 0 unspecified atom stereocenters. The molecule has 3 aromatic rings. The van der Waals surface area contributed by atoms with E-state index in [4.69, 9.17) is 10.5 Å². The van der Waals surface area contributed by atoms with Crippen LogP contribution in [0, 0.1) is 6.92 Å². The molecule has 0 spiro atoms. The number of tetrazole rings is 1. The average Bonchev–Trinajstić information content (AvgIpc) is 2.98. The molecule has 0 bridgehead atoms. The molecular formula is C16H18N6O. The van der Waals surface area contributed by atoms with Gasteiger partial charge in [-0.3, -0.25) is 0 Å². The summed E-state index contributed by atoms with van der Waals surface area (Å²) in [6.07, 6.45) is 0. The third kappa shape index (κ3) is 3.57. The predicted octanol–water partition coefficient (Wildman–Crippen LogP) is 1.89. The van der Waals surface area contributed by atoms with Gasteiger partial charge in [0, 0.05) is 5.56 Å². The summed E-state index contributed by atoms with van der Waals surface area (Å²) < 4.78 is 5.97. The fourth-order valence-electron chi connectivity index (χ4n) is 2.18. The lowest BCUT2D eigenvalue weighted by Crippen LogP contribution is -2.18. The highest BCUT2D eigenvalue weighted by molar-refractivity contribution is 5.35. The standard InChI is InChI=1S/C16H18N6O/c1-12-6-2-3-8-14(12)11-23-15-9-5-4-7-13(15)10-18-22-16(17)19-20-21-22/h2-9,18H,10-11H2,1H3,(H2,17,19,21). The van der Waals surface area contributed by atoms with Gasteiger partial charge in [0.25, 0.3) is 5.95 Å². The maximum Gasteiger partial charge on any atom is 0.260 e. The van der Waals surface area contributed by atoms with Gasteiger partial charge in [-0.15, -0.1) is 4.79 Å². The van der Waals surface area contributed by atoms with Gasteiger partial charge < -0.3 is 15.9 Å². The number of nitrogen functional groups attached to an aromatic ring is 1. The van der Waals surface area contributed by atoms with Crippen LogP contribution in [0.2, 0.25) is 0 Å². The van der Waals surface area contributed by atoms with Crippen LogP contribution in [0.25, 0.3) is 0 Å². The summed E-state index contributed by atoms with van der Waals surface area (Å²) in [4.78, 5) is 1.33. The molecule has 0 radical (unpaired) electrons. The number of hydrogen-bond donors (Lipinski definition) is 2. The topological polar surface area (TPSA) is 90.9 Å². The van der Waals surface area contributed by atoms with Gasteiger partial charge in [-0.05, 0) is 34.5 Å². The lowest BCUT2D eigenvalue weighted by Gasteiger charge is -2.13. The van der Waals surface area contributed by atoms with Gasteiger partial charge in [0.15, 0.2) is 0 Å². The highest BCUT2D eigenvalue weighted by Gasteiger charge is 2.06. The van der Waals surface area contributed by atoms with Crippen LogP contribution in [0.1, 0.15) is 16.7 Å². The lowest BCUT2D eigenvalue weighted by atomic mass is 10.1. The number of nitrogens with two attached hydrogens (primary N) is 1. The first kappa shape index (κ1) is 14.8. The minimum atomic E-state index is 0.211. The summed E-state index contributed by atoms with van der Waals surface area (Å²) in [5.74, 6) is 1.03. The molecule has 7 heteroatoms. The van der Waals surface area contributed by atoms with Crippen molar-refractivity contribution in [2.75, 3.05) is 11.2 Å². The molecule has 0 fully saturated rings. The highest BCUT2D eigenvalue weighted by Crippen LogP contribution is 2.20. The molecule has 0 aliphatic rings. The van der Waals surface area contributed by atoms with Gasteiger partial charge in [0.2, 0.25) is 0 Å². The zero-order valence-corrected chi connectivity index (χ0v) is 12.8. The number of nitrogens with zero attached hydrogens (tertiary/aromatic N) is 4. The Morgan fingerprint density at radius 3 is 2.57 bits per heavy atom. The Kier molecular flexibility index (Phi) is 4.37. The SMILES string of the molecule is Cc1ccccc1COc1ccccc1CNn1nnnc1N. The van der Waals surface area contributed by atoms with E-state index in [-0.39, 0.29) is 5.95 Å². The number of aromatic nitrogens is 4. The van der Waals surface area contributed by atoms with E-state index in [0.717, 1.165) is 11.3 Å². The predicted molar refractivity (Wildman–Crippen MR) is 87.2 cm³/mol. The van der Waals surface area contributed by atoms with Crippen molar-refractivity contribution in [1.82, 2.24) is 20.3 Å². The van der Waals surface area contributed by atoms with Gasteiger partial charge in [0.1, 0.15) is 12.4 Å². The van der Waals surface area contributed by atoms with Crippen LogP contribution in [-0.4, -0.2) is 20.3 Å². The molecule has 2 aromatic carbocycles. The molecule has 0 amide bonds. The van der Waals surface area contributed by atoms with E-state index in [1.54, 1.807) is 0 Å². The normalized spacial score (nSPS) is 10.5. The third-order valence-corrected chi connectivity index (χ3v) is 3.53. The Morgan fingerprint density at radius 1 is 1.09 bits per heavy atom. The molecule has 23 heavy (non-hydrogen) atoms. The first-order chi connectivity index (χ1) is 11.2. The first-order valence-corrected chi connectivity index (χ1v) is 7.27. The smallest absolute Gasteiger partial charge is 0.260 e. The largest absolute Gasteiger partial charge is 0.489 e. The molecule has 0 atom stereocenters. The molecule has 3 N–H and O–H groups in total. The molecule has 0 saturated heterocycles. The van der Waals surface area contributed by atoms with Gasteiger partial charge in [-0.2, -0.15) is 0 Å². The van der Waals surface area contributed by atoms with Crippen molar-refractivity contribution in [3.05, 3.63) is 65.2 Å². The maximum absolute atomic E-state index is 5.97. The number of ether oxygens (including phenoxy) is 1. The highest BCUT2D eigenvalue weighted by atomic mass is 16.5. The maximum atomic E-state index is 5.97. The van der Waals surface area contributed by atoms with Crippen LogP contribution in [0.5, 0.6) is 5.75 Å². The second-order valence-corrected chi connectivity index (χ2v) is 5.11. The Morgan fingerprint density at radius 2 is 1.83 bits per heavy atom. The third-order valence-electron chi connectivity index (χ3n) is 3.53. The summed E-state index contributed by atoms with van der Waals surface area (Å²) >= 11 is 0. The Hall–Kier alpha value is -3.09. The Bertz CT molecular complexity index is 786. The van der Waals surface area contributed by atoms with Crippen LogP contribution in [0.4, 0.5) is 5.95 Å². The van der Waals surface area contributed by atoms with Crippen molar-refractivity contribution in [1.29, 1.82) is 0 Å². The zero-order valence-electron chi connectivity index (χ0n) is 12.8. The lowest BCUT2D eigenvalue weighted by molar-refractivity contribution is 0.302. The monoisotopic (exact) mass is 310 g/mol. The second kappa shape index (κ2) is 6.78. The van der Waals surface area contributed by atoms with Crippen LogP contribution in [0.3, 0.4) is 0 Å². The van der Waals surface area contributed by atoms with Crippen molar-refractivity contribution in [3.63, 3.8) is 0 Å². The number of rotatable bonds is 6. The number of para-hydroxylation sites is 1. The summed E-state index contributed by atoms with van der Waals surface area (Å²) in [5, 5.41) is 10.9. The van der Waals surface area contributed by atoms with E-state index in [9.17, 15) is 0 Å². The van der Waals surface area contributed by atoms with Gasteiger partial charge in [-0.1, -0.05) is 47.6 Å². The van der Waals surface area contributed by atoms with Crippen molar-refractivity contribution < 1.29 is 4.74 Å². The van der Waals surface area contributed by atoms with E-state index in [0.29, 0.717) is 13.2 Å². The van der Waals surface area contributed by atoms with E-state index < -0.39 is 0 Å². The van der Waals surface area contributed by atoms with E-state index in [2.05, 4.69) is 40.0 Å². The van der Waals surface area contributed by atoms with Crippen LogP contribution in [0.15, 0.2) is 48.5 Å². The molecule has 0 aliphatic heterocycles. The van der Waals surface area contributed by atoms with Crippen LogP contribution in [-0.2, 0) is 13.2 Å². The van der Waals surface area contributed by atoms with Crippen molar-refractivity contribution in [2.45, 2.75) is 20.1 Å². The summed E-state index contributed by atoms with van der Waals surface area (Å²) in [6, 6.07) is 16.0. The van der Waals surface area contributed by atoms with E-state index in [1.807, 2.05) is 36.4 Å². The molecule has 7 nitrogen and oxygen atoms in total. The molecular weight excluding hydrogens is 292 g/mol. The van der Waals surface area contributed by atoms with E-state index >= 15 is 0 Å². The Balaban J connectivity index is 1.68. The minimum absolute atomic E-state index is 0.211. The summed E-state index contributed by atoms with van der Waals surface area (Å²) in [7, 11) is 0. The van der Waals surface area contributed by atoms with E-state index in [1.165, 1.54) is 15.9 Å².